The maximum absolute atomic E-state index is 12.8. The van der Waals surface area contributed by atoms with Crippen LogP contribution in [0, 0.1) is 13.8 Å². The van der Waals surface area contributed by atoms with Crippen molar-refractivity contribution >= 4 is 11.6 Å². The first-order valence-electron chi connectivity index (χ1n) is 7.60. The summed E-state index contributed by atoms with van der Waals surface area (Å²) in [5.41, 5.74) is 3.60. The number of para-hydroxylation sites is 1. The predicted octanol–water partition coefficient (Wildman–Crippen LogP) is 4.02. The highest BCUT2D eigenvalue weighted by Crippen LogP contribution is 2.21. The first kappa shape index (κ1) is 15.2. The number of amides is 1. The summed E-state index contributed by atoms with van der Waals surface area (Å²) in [5, 5.41) is 0. The lowest BCUT2D eigenvalue weighted by molar-refractivity contribution is 0.0992. The molecule has 0 aliphatic rings. The van der Waals surface area contributed by atoms with Crippen LogP contribution in [0.3, 0.4) is 0 Å². The van der Waals surface area contributed by atoms with Crippen LogP contribution in [-0.2, 0) is 6.54 Å². The van der Waals surface area contributed by atoms with Gasteiger partial charge in [-0.05, 0) is 44.2 Å². The predicted molar refractivity (Wildman–Crippen MR) is 90.9 cm³/mol. The molecule has 1 aromatic carbocycles. The van der Waals surface area contributed by atoms with Gasteiger partial charge in [0.1, 0.15) is 5.76 Å². The quantitative estimate of drug-likeness (QED) is 0.730. The van der Waals surface area contributed by atoms with Crippen molar-refractivity contribution in [2.24, 2.45) is 0 Å². The number of furan rings is 1. The van der Waals surface area contributed by atoms with Gasteiger partial charge in [-0.3, -0.25) is 4.79 Å². The van der Waals surface area contributed by atoms with Crippen molar-refractivity contribution in [1.82, 2.24) is 4.57 Å². The Morgan fingerprint density at radius 3 is 2.52 bits per heavy atom. The van der Waals surface area contributed by atoms with E-state index in [1.165, 1.54) is 0 Å². The van der Waals surface area contributed by atoms with Crippen LogP contribution in [0.2, 0.25) is 0 Å². The van der Waals surface area contributed by atoms with Crippen LogP contribution >= 0.6 is 0 Å². The summed E-state index contributed by atoms with van der Waals surface area (Å²) in [4.78, 5) is 14.5. The van der Waals surface area contributed by atoms with Gasteiger partial charge in [0, 0.05) is 24.1 Å². The molecule has 0 aliphatic carbocycles. The minimum absolute atomic E-state index is 0.00463. The first-order chi connectivity index (χ1) is 11.1. The molecule has 0 fully saturated rings. The van der Waals surface area contributed by atoms with E-state index in [-0.39, 0.29) is 5.91 Å². The van der Waals surface area contributed by atoms with Crippen molar-refractivity contribution in [1.29, 1.82) is 0 Å². The molecule has 23 heavy (non-hydrogen) atoms. The molecule has 0 radical (unpaired) electrons. The highest BCUT2D eigenvalue weighted by atomic mass is 16.3. The third kappa shape index (κ3) is 2.93. The lowest BCUT2D eigenvalue weighted by Gasteiger charge is -2.17. The molecule has 0 saturated carbocycles. The highest BCUT2D eigenvalue weighted by molar-refractivity contribution is 6.06. The second-order valence-corrected chi connectivity index (χ2v) is 5.65. The van der Waals surface area contributed by atoms with Crippen molar-refractivity contribution in [2.75, 3.05) is 11.9 Å². The van der Waals surface area contributed by atoms with Gasteiger partial charge in [-0.25, -0.2) is 0 Å². The lowest BCUT2D eigenvalue weighted by Crippen LogP contribution is -2.26. The third-order valence-electron chi connectivity index (χ3n) is 4.15. The number of carbonyl (C=O) groups is 1. The Bertz CT molecular complexity index is 802. The molecule has 2 heterocycles. The molecule has 0 atom stereocenters. The van der Waals surface area contributed by atoms with E-state index in [1.54, 1.807) is 18.2 Å². The molecule has 118 valence electrons. The van der Waals surface area contributed by atoms with E-state index in [0.29, 0.717) is 6.54 Å². The fourth-order valence-corrected chi connectivity index (χ4v) is 2.77. The molecular formula is C19H20N2O2. The van der Waals surface area contributed by atoms with E-state index in [2.05, 4.69) is 4.57 Å². The number of anilines is 1. The Morgan fingerprint density at radius 2 is 1.87 bits per heavy atom. The number of aryl methyl sites for hydroxylation is 1. The largest absolute Gasteiger partial charge is 0.467 e. The summed E-state index contributed by atoms with van der Waals surface area (Å²) in [7, 11) is 1.80. The summed E-state index contributed by atoms with van der Waals surface area (Å²) in [6, 6.07) is 15.4. The van der Waals surface area contributed by atoms with E-state index < -0.39 is 0 Å². The van der Waals surface area contributed by atoms with Crippen LogP contribution < -0.4 is 4.90 Å². The Morgan fingerprint density at radius 1 is 1.13 bits per heavy atom. The van der Waals surface area contributed by atoms with Gasteiger partial charge in [0.05, 0.1) is 18.4 Å². The van der Waals surface area contributed by atoms with Gasteiger partial charge < -0.3 is 13.9 Å². The molecule has 4 nitrogen and oxygen atoms in total. The van der Waals surface area contributed by atoms with Crippen LogP contribution in [-0.4, -0.2) is 17.5 Å². The second kappa shape index (κ2) is 6.16. The minimum Gasteiger partial charge on any atom is -0.467 e. The molecule has 1 amide bonds. The zero-order chi connectivity index (χ0) is 16.4. The monoisotopic (exact) mass is 308 g/mol. The van der Waals surface area contributed by atoms with E-state index in [9.17, 15) is 4.79 Å². The molecule has 4 heteroatoms. The maximum Gasteiger partial charge on any atom is 0.259 e. The number of carbonyl (C=O) groups excluding carboxylic acids is 1. The topological polar surface area (TPSA) is 38.4 Å². The van der Waals surface area contributed by atoms with Crippen LogP contribution in [0.25, 0.3) is 0 Å². The van der Waals surface area contributed by atoms with Gasteiger partial charge >= 0.3 is 0 Å². The standard InChI is InChI=1S/C19H20N2O2/c1-14-12-18(15(2)21(14)13-17-10-7-11-23-17)19(22)20(3)16-8-5-4-6-9-16/h4-12H,13H2,1-3H3. The summed E-state index contributed by atoms with van der Waals surface area (Å²) < 4.78 is 7.52. The normalized spacial score (nSPS) is 10.7. The number of aromatic nitrogens is 1. The molecule has 0 saturated heterocycles. The van der Waals surface area contributed by atoms with Gasteiger partial charge in [0.25, 0.3) is 5.91 Å². The SMILES string of the molecule is Cc1cc(C(=O)N(C)c2ccccc2)c(C)n1Cc1ccco1. The van der Waals surface area contributed by atoms with Crippen LogP contribution in [0.1, 0.15) is 27.5 Å². The number of rotatable bonds is 4. The molecule has 3 rings (SSSR count). The van der Waals surface area contributed by atoms with Crippen molar-refractivity contribution in [3.8, 4) is 0 Å². The average Bonchev–Trinajstić information content (AvgIpc) is 3.18. The van der Waals surface area contributed by atoms with Gasteiger partial charge in [-0.2, -0.15) is 0 Å². The van der Waals surface area contributed by atoms with Crippen LogP contribution in [0.5, 0.6) is 0 Å². The van der Waals surface area contributed by atoms with Gasteiger partial charge in [-0.15, -0.1) is 0 Å². The second-order valence-electron chi connectivity index (χ2n) is 5.65. The molecular weight excluding hydrogens is 288 g/mol. The molecule has 0 spiro atoms. The van der Waals surface area contributed by atoms with Crippen LogP contribution in [0.15, 0.2) is 59.2 Å². The van der Waals surface area contributed by atoms with Crippen molar-refractivity contribution < 1.29 is 9.21 Å². The Labute approximate surface area is 136 Å². The number of hydrogen-bond donors (Lipinski definition) is 0. The Kier molecular flexibility index (Phi) is 4.06. The molecule has 0 N–H and O–H groups in total. The summed E-state index contributed by atoms with van der Waals surface area (Å²) >= 11 is 0. The van der Waals surface area contributed by atoms with Crippen molar-refractivity contribution in [2.45, 2.75) is 20.4 Å². The Hall–Kier alpha value is -2.75. The third-order valence-corrected chi connectivity index (χ3v) is 4.15. The lowest BCUT2D eigenvalue weighted by atomic mass is 10.2. The summed E-state index contributed by atoms with van der Waals surface area (Å²) in [6.07, 6.45) is 1.67. The molecule has 0 unspecified atom stereocenters. The zero-order valence-corrected chi connectivity index (χ0v) is 13.6. The number of hydrogen-bond acceptors (Lipinski definition) is 2. The first-order valence-corrected chi connectivity index (χ1v) is 7.60. The van der Waals surface area contributed by atoms with Crippen molar-refractivity contribution in [3.05, 3.63) is 77.5 Å². The molecule has 3 aromatic rings. The molecule has 0 aliphatic heterocycles. The summed E-state index contributed by atoms with van der Waals surface area (Å²) in [5.74, 6) is 0.872. The highest BCUT2D eigenvalue weighted by Gasteiger charge is 2.20. The number of benzene rings is 1. The fraction of sp³-hybridized carbons (Fsp3) is 0.211. The number of nitrogens with zero attached hydrogens (tertiary/aromatic N) is 2. The van der Waals surface area contributed by atoms with Gasteiger partial charge in [0.15, 0.2) is 0 Å². The maximum atomic E-state index is 12.8. The van der Waals surface area contributed by atoms with Gasteiger partial charge in [0.2, 0.25) is 0 Å². The smallest absolute Gasteiger partial charge is 0.259 e. The van der Waals surface area contributed by atoms with E-state index in [1.807, 2.05) is 62.4 Å². The average molecular weight is 308 g/mol. The Balaban J connectivity index is 1.90. The van der Waals surface area contributed by atoms with Gasteiger partial charge in [-0.1, -0.05) is 18.2 Å². The zero-order valence-electron chi connectivity index (χ0n) is 13.6. The summed E-state index contributed by atoms with van der Waals surface area (Å²) in [6.45, 7) is 4.62. The van der Waals surface area contributed by atoms with E-state index >= 15 is 0 Å². The minimum atomic E-state index is -0.00463. The van der Waals surface area contributed by atoms with Crippen LogP contribution in [0.4, 0.5) is 5.69 Å². The molecule has 0 bridgehead atoms. The van der Waals surface area contributed by atoms with Crippen molar-refractivity contribution in [3.63, 3.8) is 0 Å². The fourth-order valence-electron chi connectivity index (χ4n) is 2.77. The molecule has 2 aromatic heterocycles. The van der Waals surface area contributed by atoms with E-state index in [4.69, 9.17) is 4.42 Å². The van der Waals surface area contributed by atoms with E-state index in [0.717, 1.165) is 28.4 Å².